The van der Waals surface area contributed by atoms with E-state index >= 15 is 0 Å². The molecule has 0 radical (unpaired) electrons. The van der Waals surface area contributed by atoms with Gasteiger partial charge in [-0.2, -0.15) is 0 Å². The van der Waals surface area contributed by atoms with Crippen LogP contribution >= 0.6 is 11.3 Å². The Hall–Kier alpha value is -3.98. The van der Waals surface area contributed by atoms with E-state index < -0.39 is 11.7 Å². The number of thiophene rings is 1. The summed E-state index contributed by atoms with van der Waals surface area (Å²) in [6, 6.07) is 16.9. The number of aromatic amines is 1. The third kappa shape index (κ3) is 5.15. The maximum absolute atomic E-state index is 12.9. The van der Waals surface area contributed by atoms with Gasteiger partial charge in [0.05, 0.1) is 5.56 Å². The highest BCUT2D eigenvalue weighted by Gasteiger charge is 2.21. The predicted octanol–water partition coefficient (Wildman–Crippen LogP) is 5.05. The van der Waals surface area contributed by atoms with Gasteiger partial charge in [0.25, 0.3) is 0 Å². The van der Waals surface area contributed by atoms with Crippen LogP contribution in [0.2, 0.25) is 0 Å². The summed E-state index contributed by atoms with van der Waals surface area (Å²) in [4.78, 5) is 38.2. The maximum Gasteiger partial charge on any atom is 0.439 e. The number of aromatic carboxylic acids is 1. The second-order valence-electron chi connectivity index (χ2n) is 7.83. The summed E-state index contributed by atoms with van der Waals surface area (Å²) < 4.78 is 4.65. The smallest absolute Gasteiger partial charge is 0.439 e. The molecule has 1 unspecified atom stereocenters. The molecule has 3 N–H and O–H groups in total. The summed E-state index contributed by atoms with van der Waals surface area (Å²) >= 11 is 1.20. The van der Waals surface area contributed by atoms with E-state index in [0.717, 1.165) is 28.7 Å². The van der Waals surface area contributed by atoms with Crippen LogP contribution in [0, 0.1) is 5.92 Å². The normalized spacial score (nSPS) is 11.8. The summed E-state index contributed by atoms with van der Waals surface area (Å²) in [5.41, 5.74) is 3.67. The zero-order chi connectivity index (χ0) is 24.1. The van der Waals surface area contributed by atoms with Gasteiger partial charge in [-0.3, -0.25) is 14.3 Å². The van der Waals surface area contributed by atoms with Crippen molar-refractivity contribution in [2.24, 2.45) is 5.92 Å². The van der Waals surface area contributed by atoms with E-state index in [9.17, 15) is 19.5 Å². The van der Waals surface area contributed by atoms with E-state index in [-0.39, 0.29) is 17.4 Å². The largest absolute Gasteiger partial charge is 0.478 e. The molecule has 1 amide bonds. The van der Waals surface area contributed by atoms with E-state index in [4.69, 9.17) is 0 Å². The number of amides is 1. The first kappa shape index (κ1) is 23.2. The van der Waals surface area contributed by atoms with Crippen LogP contribution in [-0.2, 0) is 11.2 Å². The van der Waals surface area contributed by atoms with Gasteiger partial charge < -0.3 is 10.4 Å². The molecule has 2 aromatic carbocycles. The maximum atomic E-state index is 12.9. The average Bonchev–Trinajstić information content (AvgIpc) is 3.48. The third-order valence-electron chi connectivity index (χ3n) is 5.51. The van der Waals surface area contributed by atoms with Crippen LogP contribution in [0.1, 0.15) is 35.7 Å². The number of aromatic nitrogens is 2. The van der Waals surface area contributed by atoms with Crippen LogP contribution in [0.5, 0.6) is 0 Å². The molecule has 8 nitrogen and oxygen atoms in total. The molecule has 9 heteroatoms. The first-order chi connectivity index (χ1) is 16.5. The number of carboxylic acids is 1. The molecule has 0 bridgehead atoms. The highest BCUT2D eigenvalue weighted by atomic mass is 32.1. The van der Waals surface area contributed by atoms with Crippen molar-refractivity contribution in [2.45, 2.75) is 26.2 Å². The van der Waals surface area contributed by atoms with Gasteiger partial charge >= 0.3 is 11.7 Å². The number of carboxylic acid groups (broad SMARTS) is 1. The van der Waals surface area contributed by atoms with Crippen molar-refractivity contribution >= 4 is 28.2 Å². The second kappa shape index (κ2) is 10.3. The van der Waals surface area contributed by atoms with Crippen LogP contribution in [0.25, 0.3) is 22.5 Å². The minimum atomic E-state index is -1.06. The molecular weight excluding hydrogens is 454 g/mol. The molecule has 2 heterocycles. The van der Waals surface area contributed by atoms with E-state index in [1.807, 2.05) is 55.5 Å². The topological polar surface area (TPSA) is 125 Å². The van der Waals surface area contributed by atoms with Gasteiger partial charge in [-0.05, 0) is 41.0 Å². The van der Waals surface area contributed by atoms with Crippen LogP contribution in [-0.4, -0.2) is 27.1 Å². The second-order valence-corrected chi connectivity index (χ2v) is 8.75. The number of nitrogens with zero attached hydrogens (tertiary/aromatic N) is 1. The van der Waals surface area contributed by atoms with Crippen LogP contribution in [0.3, 0.4) is 0 Å². The van der Waals surface area contributed by atoms with Crippen LogP contribution in [0.15, 0.2) is 69.3 Å². The van der Waals surface area contributed by atoms with Crippen molar-refractivity contribution in [3.63, 3.8) is 0 Å². The van der Waals surface area contributed by atoms with E-state index in [1.54, 1.807) is 5.38 Å². The molecule has 4 aromatic rings. The first-order valence-electron chi connectivity index (χ1n) is 10.8. The lowest BCUT2D eigenvalue weighted by atomic mass is 9.92. The van der Waals surface area contributed by atoms with Gasteiger partial charge in [0.15, 0.2) is 5.82 Å². The molecular formula is C25H23N3O5S. The number of anilines is 1. The van der Waals surface area contributed by atoms with Gasteiger partial charge in [-0.1, -0.05) is 67.0 Å². The lowest BCUT2D eigenvalue weighted by Gasteiger charge is -2.16. The van der Waals surface area contributed by atoms with Gasteiger partial charge in [0.1, 0.15) is 5.00 Å². The molecule has 2 aromatic heterocycles. The van der Waals surface area contributed by atoms with Crippen molar-refractivity contribution in [1.82, 2.24) is 10.1 Å². The SMILES string of the molecule is CCCC(Cc1ccc(-c2ccccc2-c2noc(=O)[nH]2)cc1)C(=O)Nc1sccc1C(=O)O. The van der Waals surface area contributed by atoms with Crippen LogP contribution in [0.4, 0.5) is 5.00 Å². The molecule has 0 aliphatic rings. The highest BCUT2D eigenvalue weighted by Crippen LogP contribution is 2.30. The van der Waals surface area contributed by atoms with Crippen molar-refractivity contribution in [2.75, 3.05) is 5.32 Å². The number of hydrogen-bond acceptors (Lipinski definition) is 6. The molecule has 0 fully saturated rings. The minimum Gasteiger partial charge on any atom is -0.478 e. The summed E-state index contributed by atoms with van der Waals surface area (Å²) in [5.74, 6) is -1.78. The Morgan fingerprint density at radius 2 is 1.85 bits per heavy atom. The summed E-state index contributed by atoms with van der Waals surface area (Å²) in [5, 5.41) is 17.9. The minimum absolute atomic E-state index is 0.102. The standard InChI is InChI=1S/C25H23N3O5S/c1-2-5-17(22(29)27-23-20(24(30)31)12-13-34-23)14-15-8-10-16(11-9-15)18-6-3-4-7-19(18)21-26-25(32)33-28-21/h3-4,6-13,17H,2,5,14H2,1H3,(H,27,29)(H,30,31)(H,26,28,32). The first-order valence-corrected chi connectivity index (χ1v) is 11.7. The Morgan fingerprint density at radius 3 is 2.50 bits per heavy atom. The highest BCUT2D eigenvalue weighted by molar-refractivity contribution is 7.14. The molecule has 0 aliphatic heterocycles. The molecule has 0 spiro atoms. The Balaban J connectivity index is 1.52. The Morgan fingerprint density at radius 1 is 1.12 bits per heavy atom. The zero-order valence-electron chi connectivity index (χ0n) is 18.4. The molecule has 34 heavy (non-hydrogen) atoms. The number of carbonyl (C=O) groups excluding carboxylic acids is 1. The fourth-order valence-electron chi connectivity index (χ4n) is 3.85. The summed E-state index contributed by atoms with van der Waals surface area (Å²) in [7, 11) is 0. The summed E-state index contributed by atoms with van der Waals surface area (Å²) in [6.45, 7) is 2.02. The summed E-state index contributed by atoms with van der Waals surface area (Å²) in [6.07, 6.45) is 2.05. The van der Waals surface area contributed by atoms with Gasteiger partial charge in [-0.25, -0.2) is 9.59 Å². The van der Waals surface area contributed by atoms with Gasteiger partial charge in [0.2, 0.25) is 5.91 Å². The Labute approximate surface area is 199 Å². The fourth-order valence-corrected chi connectivity index (χ4v) is 4.64. The monoisotopic (exact) mass is 477 g/mol. The van der Waals surface area contributed by atoms with Crippen molar-refractivity contribution < 1.29 is 19.2 Å². The lowest BCUT2D eigenvalue weighted by molar-refractivity contribution is -0.120. The third-order valence-corrected chi connectivity index (χ3v) is 6.34. The number of carbonyl (C=O) groups is 2. The number of rotatable bonds is 9. The van der Waals surface area contributed by atoms with E-state index in [2.05, 4.69) is 20.0 Å². The van der Waals surface area contributed by atoms with Crippen LogP contribution < -0.4 is 11.1 Å². The number of nitrogens with one attached hydrogen (secondary N) is 2. The molecule has 0 saturated heterocycles. The Kier molecular flexibility index (Phi) is 7.03. The van der Waals surface area contributed by atoms with Crippen molar-refractivity contribution in [3.8, 4) is 22.5 Å². The van der Waals surface area contributed by atoms with E-state index in [1.165, 1.54) is 17.4 Å². The molecule has 0 aliphatic carbocycles. The Bertz CT molecular complexity index is 1350. The number of benzene rings is 2. The molecule has 4 rings (SSSR count). The molecule has 174 valence electrons. The fraction of sp³-hybridized carbons (Fsp3) is 0.200. The quantitative estimate of drug-likeness (QED) is 0.310. The van der Waals surface area contributed by atoms with E-state index in [0.29, 0.717) is 23.7 Å². The average molecular weight is 478 g/mol. The number of hydrogen-bond donors (Lipinski definition) is 3. The molecule has 1 atom stereocenters. The zero-order valence-corrected chi connectivity index (χ0v) is 19.2. The van der Waals surface area contributed by atoms with Crippen molar-refractivity contribution in [3.05, 3.63) is 81.7 Å². The van der Waals surface area contributed by atoms with Crippen molar-refractivity contribution in [1.29, 1.82) is 0 Å². The molecule has 0 saturated carbocycles. The predicted molar refractivity (Wildman–Crippen MR) is 130 cm³/mol. The number of H-pyrrole nitrogens is 1. The van der Waals surface area contributed by atoms with Gasteiger partial charge in [-0.15, -0.1) is 11.3 Å². The van der Waals surface area contributed by atoms with Gasteiger partial charge in [0, 0.05) is 11.5 Å². The lowest BCUT2D eigenvalue weighted by Crippen LogP contribution is -2.25.